The molecule has 1 aromatic rings. The molecule has 0 bridgehead atoms. The number of halogens is 1. The minimum atomic E-state index is -0.246. The van der Waals surface area contributed by atoms with E-state index in [2.05, 4.69) is 6.92 Å². The molecule has 0 spiro atoms. The van der Waals surface area contributed by atoms with Crippen LogP contribution in [0.1, 0.15) is 26.2 Å². The largest absolute Gasteiger partial charge is 0.506 e. The molecule has 20 heavy (non-hydrogen) atoms. The number of phenolic OH excluding ortho intramolecular Hbond substituents is 1. The Kier molecular flexibility index (Phi) is 3.21. The van der Waals surface area contributed by atoms with Crippen molar-refractivity contribution in [3.8, 4) is 5.75 Å². The van der Waals surface area contributed by atoms with Gasteiger partial charge in [0.05, 0.1) is 17.5 Å². The number of anilines is 1. The average Bonchev–Trinajstić information content (AvgIpc) is 2.65. The predicted molar refractivity (Wildman–Crippen MR) is 75.6 cm³/mol. The molecular formula is C15H16ClNO3. The Morgan fingerprint density at radius 3 is 2.65 bits per heavy atom. The van der Waals surface area contributed by atoms with E-state index >= 15 is 0 Å². The Labute approximate surface area is 122 Å². The van der Waals surface area contributed by atoms with Crippen LogP contribution in [0.3, 0.4) is 0 Å². The summed E-state index contributed by atoms with van der Waals surface area (Å²) in [6.45, 7) is 2.10. The molecule has 1 saturated carbocycles. The number of fused-ring (bicyclic) bond motifs is 1. The fraction of sp³-hybridized carbons (Fsp3) is 0.467. The number of rotatable bonds is 1. The molecule has 1 N–H and O–H groups in total. The number of phenols is 1. The normalized spacial score (nSPS) is 29.7. The van der Waals surface area contributed by atoms with Crippen molar-refractivity contribution in [3.05, 3.63) is 23.2 Å². The molecule has 0 unspecified atom stereocenters. The quantitative estimate of drug-likeness (QED) is 0.810. The summed E-state index contributed by atoms with van der Waals surface area (Å²) in [6, 6.07) is 4.40. The van der Waals surface area contributed by atoms with Crippen LogP contribution in [0.4, 0.5) is 5.69 Å². The van der Waals surface area contributed by atoms with Crippen LogP contribution in [0, 0.1) is 17.8 Å². The molecule has 0 aromatic heterocycles. The van der Waals surface area contributed by atoms with Gasteiger partial charge >= 0.3 is 0 Å². The summed E-state index contributed by atoms with van der Waals surface area (Å²) in [5.74, 6) is -0.529. The first-order valence-electron chi connectivity index (χ1n) is 6.85. The fourth-order valence-corrected chi connectivity index (χ4v) is 3.47. The van der Waals surface area contributed by atoms with Gasteiger partial charge in [0, 0.05) is 5.02 Å². The van der Waals surface area contributed by atoms with Gasteiger partial charge in [-0.1, -0.05) is 18.5 Å². The van der Waals surface area contributed by atoms with Gasteiger partial charge in [-0.25, -0.2) is 4.90 Å². The predicted octanol–water partition coefficient (Wildman–Crippen LogP) is 2.97. The number of imide groups is 1. The van der Waals surface area contributed by atoms with Crippen LogP contribution in [0.5, 0.6) is 5.75 Å². The highest BCUT2D eigenvalue weighted by molar-refractivity contribution is 6.31. The van der Waals surface area contributed by atoms with E-state index in [1.807, 2.05) is 0 Å². The number of hydrogen-bond acceptors (Lipinski definition) is 3. The molecule has 1 aliphatic carbocycles. The SMILES string of the molecule is C[C@H]1CC[C@@H]2C(=O)N(c3cc(Cl)ccc3O)C(=O)[C@@H]2C1. The number of benzene rings is 1. The molecule has 4 nitrogen and oxygen atoms in total. The third-order valence-electron chi connectivity index (χ3n) is 4.37. The van der Waals surface area contributed by atoms with Gasteiger partial charge in [0.1, 0.15) is 5.75 Å². The van der Waals surface area contributed by atoms with Crippen molar-refractivity contribution in [3.63, 3.8) is 0 Å². The minimum Gasteiger partial charge on any atom is -0.506 e. The smallest absolute Gasteiger partial charge is 0.237 e. The average molecular weight is 294 g/mol. The van der Waals surface area contributed by atoms with E-state index in [4.69, 9.17) is 11.6 Å². The Morgan fingerprint density at radius 1 is 1.20 bits per heavy atom. The lowest BCUT2D eigenvalue weighted by molar-refractivity contribution is -0.122. The maximum absolute atomic E-state index is 12.5. The first-order chi connectivity index (χ1) is 9.49. The third-order valence-corrected chi connectivity index (χ3v) is 4.60. The zero-order chi connectivity index (χ0) is 14.4. The minimum absolute atomic E-state index is 0.0946. The van der Waals surface area contributed by atoms with Gasteiger partial charge in [-0.2, -0.15) is 0 Å². The first-order valence-corrected chi connectivity index (χ1v) is 7.23. The van der Waals surface area contributed by atoms with Crippen molar-refractivity contribution < 1.29 is 14.7 Å². The Balaban J connectivity index is 2.00. The van der Waals surface area contributed by atoms with Crippen LogP contribution in [-0.4, -0.2) is 16.9 Å². The number of carbonyl (C=O) groups excluding carboxylic acids is 2. The monoisotopic (exact) mass is 293 g/mol. The lowest BCUT2D eigenvalue weighted by Crippen LogP contribution is -2.30. The zero-order valence-electron chi connectivity index (χ0n) is 11.2. The van der Waals surface area contributed by atoms with Crippen molar-refractivity contribution in [2.45, 2.75) is 26.2 Å². The molecule has 1 aromatic carbocycles. The molecule has 2 amide bonds. The van der Waals surface area contributed by atoms with Gasteiger partial charge in [0.25, 0.3) is 0 Å². The lowest BCUT2D eigenvalue weighted by Gasteiger charge is -2.25. The van der Waals surface area contributed by atoms with Crippen molar-refractivity contribution in [2.75, 3.05) is 4.90 Å². The van der Waals surface area contributed by atoms with E-state index in [-0.39, 0.29) is 35.1 Å². The second-order valence-electron chi connectivity index (χ2n) is 5.78. The number of amides is 2. The van der Waals surface area contributed by atoms with E-state index in [0.717, 1.165) is 24.2 Å². The molecule has 1 aliphatic heterocycles. The highest BCUT2D eigenvalue weighted by Crippen LogP contribution is 2.44. The lowest BCUT2D eigenvalue weighted by atomic mass is 9.76. The molecule has 3 atom stereocenters. The van der Waals surface area contributed by atoms with Crippen molar-refractivity contribution >= 4 is 29.1 Å². The van der Waals surface area contributed by atoms with Gasteiger partial charge < -0.3 is 5.11 Å². The molecule has 2 fully saturated rings. The maximum atomic E-state index is 12.5. The maximum Gasteiger partial charge on any atom is 0.237 e. The zero-order valence-corrected chi connectivity index (χ0v) is 11.9. The van der Waals surface area contributed by atoms with E-state index < -0.39 is 0 Å². The summed E-state index contributed by atoms with van der Waals surface area (Å²) in [6.07, 6.45) is 2.46. The molecule has 3 rings (SSSR count). The highest BCUT2D eigenvalue weighted by atomic mass is 35.5. The standard InChI is InChI=1S/C15H16ClNO3/c1-8-2-4-10-11(6-8)15(20)17(14(10)19)12-7-9(16)3-5-13(12)18/h3,5,7-8,10-11,18H,2,4,6H2,1H3/t8-,10-,11+/m0/s1. The summed E-state index contributed by atoms with van der Waals surface area (Å²) < 4.78 is 0. The summed E-state index contributed by atoms with van der Waals surface area (Å²) in [5.41, 5.74) is 0.203. The number of nitrogens with zero attached hydrogens (tertiary/aromatic N) is 1. The van der Waals surface area contributed by atoms with Gasteiger partial charge in [-0.15, -0.1) is 0 Å². The van der Waals surface area contributed by atoms with Gasteiger partial charge in [-0.05, 0) is 43.4 Å². The molecule has 2 aliphatic rings. The van der Waals surface area contributed by atoms with E-state index in [0.29, 0.717) is 10.9 Å². The third kappa shape index (κ3) is 1.99. The Hall–Kier alpha value is -1.55. The van der Waals surface area contributed by atoms with Crippen LogP contribution >= 0.6 is 11.6 Å². The molecule has 1 heterocycles. The van der Waals surface area contributed by atoms with Crippen LogP contribution in [0.15, 0.2) is 18.2 Å². The second kappa shape index (κ2) is 4.77. The van der Waals surface area contributed by atoms with Crippen molar-refractivity contribution in [1.82, 2.24) is 0 Å². The van der Waals surface area contributed by atoms with Gasteiger partial charge in [0.15, 0.2) is 0 Å². The fourth-order valence-electron chi connectivity index (χ4n) is 3.30. The first kappa shape index (κ1) is 13.4. The summed E-state index contributed by atoms with van der Waals surface area (Å²) in [4.78, 5) is 26.1. The van der Waals surface area contributed by atoms with Gasteiger partial charge in [-0.3, -0.25) is 9.59 Å². The van der Waals surface area contributed by atoms with Crippen molar-refractivity contribution in [2.24, 2.45) is 17.8 Å². The second-order valence-corrected chi connectivity index (χ2v) is 6.21. The number of aromatic hydroxyl groups is 1. The van der Waals surface area contributed by atoms with Crippen LogP contribution in [0.25, 0.3) is 0 Å². The molecular weight excluding hydrogens is 278 g/mol. The summed E-state index contributed by atoms with van der Waals surface area (Å²) >= 11 is 5.91. The molecule has 106 valence electrons. The van der Waals surface area contributed by atoms with E-state index in [9.17, 15) is 14.7 Å². The van der Waals surface area contributed by atoms with E-state index in [1.54, 1.807) is 0 Å². The van der Waals surface area contributed by atoms with Crippen LogP contribution in [-0.2, 0) is 9.59 Å². The Bertz CT molecular complexity index is 586. The molecule has 0 radical (unpaired) electrons. The van der Waals surface area contributed by atoms with Crippen LogP contribution in [0.2, 0.25) is 5.02 Å². The molecule has 5 heteroatoms. The number of hydrogen-bond donors (Lipinski definition) is 1. The summed E-state index contributed by atoms with van der Waals surface area (Å²) in [5, 5.41) is 10.3. The topological polar surface area (TPSA) is 57.6 Å². The number of carbonyl (C=O) groups is 2. The highest BCUT2D eigenvalue weighted by Gasteiger charge is 2.50. The summed E-state index contributed by atoms with van der Waals surface area (Å²) in [7, 11) is 0. The van der Waals surface area contributed by atoms with Gasteiger partial charge in [0.2, 0.25) is 11.8 Å². The van der Waals surface area contributed by atoms with Crippen LogP contribution < -0.4 is 4.90 Å². The Morgan fingerprint density at radius 2 is 1.90 bits per heavy atom. The van der Waals surface area contributed by atoms with E-state index in [1.165, 1.54) is 18.2 Å². The molecule has 1 saturated heterocycles. The van der Waals surface area contributed by atoms with Crippen molar-refractivity contribution in [1.29, 1.82) is 0 Å².